The third-order valence-corrected chi connectivity index (χ3v) is 3.56. The van der Waals surface area contributed by atoms with E-state index in [2.05, 4.69) is 0 Å². The van der Waals surface area contributed by atoms with Crippen LogP contribution in [-0.2, 0) is 14.3 Å². The van der Waals surface area contributed by atoms with Crippen LogP contribution in [-0.4, -0.2) is 17.9 Å². The molecule has 0 bridgehead atoms. The Morgan fingerprint density at radius 1 is 1.06 bits per heavy atom. The molecule has 0 aromatic carbocycles. The van der Waals surface area contributed by atoms with Gasteiger partial charge in [-0.15, -0.1) is 0 Å². The smallest absolute Gasteiger partial charge is 0.306 e. The highest BCUT2D eigenvalue weighted by molar-refractivity contribution is 5.85. The van der Waals surface area contributed by atoms with Crippen LogP contribution >= 0.6 is 0 Å². The normalized spacial score (nSPS) is 23.8. The lowest BCUT2D eigenvalue weighted by Gasteiger charge is -2.17. The number of carbonyl (C=O) groups excluding carboxylic acids is 2. The van der Waals surface area contributed by atoms with Crippen molar-refractivity contribution in [3.63, 3.8) is 0 Å². The minimum atomic E-state index is -0.475. The fraction of sp³-hybridized carbons (Fsp3) is 0.867. The van der Waals surface area contributed by atoms with Gasteiger partial charge < -0.3 is 4.74 Å². The molecule has 0 amide bonds. The van der Waals surface area contributed by atoms with Crippen molar-refractivity contribution in [3.05, 3.63) is 0 Å². The van der Waals surface area contributed by atoms with Gasteiger partial charge in [0.1, 0.15) is 0 Å². The Morgan fingerprint density at radius 3 is 2.22 bits per heavy atom. The summed E-state index contributed by atoms with van der Waals surface area (Å²) in [6.07, 6.45) is 10.4. The molecule has 1 unspecified atom stereocenters. The van der Waals surface area contributed by atoms with E-state index in [1.54, 1.807) is 6.92 Å². The molecule has 3 heteroatoms. The minimum Gasteiger partial charge on any atom is -0.454 e. The number of rotatable bonds is 2. The van der Waals surface area contributed by atoms with Gasteiger partial charge in [0.25, 0.3) is 0 Å². The Hall–Kier alpha value is -0.860. The van der Waals surface area contributed by atoms with Crippen LogP contribution in [0.2, 0.25) is 0 Å². The summed E-state index contributed by atoms with van der Waals surface area (Å²) in [6, 6.07) is 0. The van der Waals surface area contributed by atoms with Crippen LogP contribution in [0.5, 0.6) is 0 Å². The van der Waals surface area contributed by atoms with Crippen LogP contribution in [0, 0.1) is 0 Å². The van der Waals surface area contributed by atoms with Crippen molar-refractivity contribution >= 4 is 11.8 Å². The van der Waals surface area contributed by atoms with E-state index in [9.17, 15) is 9.59 Å². The number of ketones is 1. The molecule has 1 aliphatic carbocycles. The van der Waals surface area contributed by atoms with Gasteiger partial charge in [-0.1, -0.05) is 45.4 Å². The van der Waals surface area contributed by atoms with Gasteiger partial charge >= 0.3 is 5.97 Å². The highest BCUT2D eigenvalue weighted by Crippen LogP contribution is 2.17. The number of esters is 1. The van der Waals surface area contributed by atoms with Gasteiger partial charge in [0.15, 0.2) is 11.9 Å². The van der Waals surface area contributed by atoms with Crippen molar-refractivity contribution in [2.24, 2.45) is 0 Å². The van der Waals surface area contributed by atoms with E-state index in [0.29, 0.717) is 19.3 Å². The van der Waals surface area contributed by atoms with Crippen LogP contribution in [0.4, 0.5) is 0 Å². The van der Waals surface area contributed by atoms with Gasteiger partial charge in [-0.05, 0) is 19.3 Å². The van der Waals surface area contributed by atoms with E-state index in [0.717, 1.165) is 25.7 Å². The van der Waals surface area contributed by atoms with Gasteiger partial charge in [0.05, 0.1) is 0 Å². The Kier molecular flexibility index (Phi) is 7.70. The minimum absolute atomic E-state index is 0.123. The van der Waals surface area contributed by atoms with Gasteiger partial charge in [-0.25, -0.2) is 0 Å². The highest BCUT2D eigenvalue weighted by atomic mass is 16.5. The Labute approximate surface area is 110 Å². The second kappa shape index (κ2) is 9.12. The molecule has 0 heterocycles. The Bertz CT molecular complexity index is 260. The fourth-order valence-corrected chi connectivity index (χ4v) is 2.38. The second-order valence-corrected chi connectivity index (χ2v) is 5.17. The first-order chi connectivity index (χ1) is 8.74. The van der Waals surface area contributed by atoms with Crippen molar-refractivity contribution in [1.29, 1.82) is 0 Å². The summed E-state index contributed by atoms with van der Waals surface area (Å²) in [5, 5.41) is 0. The molecule has 0 N–H and O–H groups in total. The van der Waals surface area contributed by atoms with Crippen molar-refractivity contribution in [2.45, 2.75) is 83.7 Å². The van der Waals surface area contributed by atoms with Crippen molar-refractivity contribution in [1.82, 2.24) is 0 Å². The quantitative estimate of drug-likeness (QED) is 0.704. The molecule has 0 aliphatic heterocycles. The molecular weight excluding hydrogens is 228 g/mol. The molecule has 1 rings (SSSR count). The lowest BCUT2D eigenvalue weighted by molar-refractivity contribution is -0.155. The van der Waals surface area contributed by atoms with Crippen LogP contribution in [0.3, 0.4) is 0 Å². The zero-order valence-corrected chi connectivity index (χ0v) is 11.6. The summed E-state index contributed by atoms with van der Waals surface area (Å²) in [5.41, 5.74) is 0. The molecule has 1 atom stereocenters. The standard InChI is InChI=1S/C15H26O3/c1-2-15(17)18-14-12-10-8-6-4-3-5-7-9-11-13(14)16/h14H,2-12H2,1H3. The van der Waals surface area contributed by atoms with E-state index in [-0.39, 0.29) is 11.8 Å². The van der Waals surface area contributed by atoms with Crippen LogP contribution in [0.15, 0.2) is 0 Å². The largest absolute Gasteiger partial charge is 0.454 e. The number of ether oxygens (including phenoxy) is 1. The predicted molar refractivity (Wildman–Crippen MR) is 71.3 cm³/mol. The fourth-order valence-electron chi connectivity index (χ4n) is 2.38. The molecule has 3 nitrogen and oxygen atoms in total. The molecule has 0 radical (unpaired) electrons. The second-order valence-electron chi connectivity index (χ2n) is 5.17. The number of hydrogen-bond donors (Lipinski definition) is 0. The molecule has 18 heavy (non-hydrogen) atoms. The van der Waals surface area contributed by atoms with Crippen molar-refractivity contribution in [3.8, 4) is 0 Å². The van der Waals surface area contributed by atoms with Crippen molar-refractivity contribution in [2.75, 3.05) is 0 Å². The number of Topliss-reactive ketones (excluding diaryl/α,β-unsaturated/α-hetero) is 1. The van der Waals surface area contributed by atoms with Gasteiger partial charge in [-0.3, -0.25) is 9.59 Å². The first kappa shape index (κ1) is 15.2. The zero-order valence-electron chi connectivity index (χ0n) is 11.6. The van der Waals surface area contributed by atoms with Crippen LogP contribution < -0.4 is 0 Å². The third-order valence-electron chi connectivity index (χ3n) is 3.56. The van der Waals surface area contributed by atoms with E-state index >= 15 is 0 Å². The topological polar surface area (TPSA) is 43.4 Å². The van der Waals surface area contributed by atoms with Gasteiger partial charge in [0.2, 0.25) is 0 Å². The molecular formula is C15H26O3. The molecule has 0 aromatic rings. The predicted octanol–water partition coefficient (Wildman–Crippen LogP) is 3.79. The molecule has 104 valence electrons. The number of hydrogen-bond acceptors (Lipinski definition) is 3. The van der Waals surface area contributed by atoms with Crippen LogP contribution in [0.25, 0.3) is 0 Å². The zero-order chi connectivity index (χ0) is 13.2. The SMILES string of the molecule is CCC(=O)OC1CCCCCCCCCCC1=O. The maximum absolute atomic E-state index is 12.0. The maximum atomic E-state index is 12.0. The third kappa shape index (κ3) is 6.18. The lowest BCUT2D eigenvalue weighted by Crippen LogP contribution is -2.27. The van der Waals surface area contributed by atoms with Crippen molar-refractivity contribution < 1.29 is 14.3 Å². The molecule has 1 fully saturated rings. The molecule has 0 aromatic heterocycles. The summed E-state index contributed by atoms with van der Waals surface area (Å²) < 4.78 is 5.27. The summed E-state index contributed by atoms with van der Waals surface area (Å²) >= 11 is 0. The monoisotopic (exact) mass is 254 g/mol. The molecule has 1 aliphatic rings. The summed E-state index contributed by atoms with van der Waals surface area (Å²) in [5.74, 6) is -0.127. The summed E-state index contributed by atoms with van der Waals surface area (Å²) in [4.78, 5) is 23.3. The Morgan fingerprint density at radius 2 is 1.61 bits per heavy atom. The maximum Gasteiger partial charge on any atom is 0.306 e. The molecule has 0 spiro atoms. The summed E-state index contributed by atoms with van der Waals surface area (Å²) in [6.45, 7) is 1.77. The average Bonchev–Trinajstić information content (AvgIpc) is 2.37. The Balaban J connectivity index is 2.46. The van der Waals surface area contributed by atoms with E-state index in [1.807, 2.05) is 0 Å². The van der Waals surface area contributed by atoms with E-state index < -0.39 is 6.10 Å². The first-order valence-corrected chi connectivity index (χ1v) is 7.46. The van der Waals surface area contributed by atoms with Gasteiger partial charge in [0, 0.05) is 12.8 Å². The van der Waals surface area contributed by atoms with E-state index in [4.69, 9.17) is 4.74 Å². The lowest BCUT2D eigenvalue weighted by atomic mass is 9.98. The number of carbonyl (C=O) groups is 2. The highest BCUT2D eigenvalue weighted by Gasteiger charge is 2.21. The molecule has 0 saturated heterocycles. The van der Waals surface area contributed by atoms with Crippen LogP contribution in [0.1, 0.15) is 77.6 Å². The average molecular weight is 254 g/mol. The van der Waals surface area contributed by atoms with E-state index in [1.165, 1.54) is 25.7 Å². The first-order valence-electron chi connectivity index (χ1n) is 7.46. The van der Waals surface area contributed by atoms with Gasteiger partial charge in [-0.2, -0.15) is 0 Å². The summed E-state index contributed by atoms with van der Waals surface area (Å²) in [7, 11) is 0. The molecule has 1 saturated carbocycles.